The fraction of sp³-hybridized carbons (Fsp3) is 0.556. The lowest BCUT2D eigenvalue weighted by Crippen LogP contribution is -2.29. The van der Waals surface area contributed by atoms with Crippen LogP contribution in [-0.2, 0) is 21.4 Å². The molecule has 7 nitrogen and oxygen atoms in total. The summed E-state index contributed by atoms with van der Waals surface area (Å²) in [6.07, 6.45) is -0.412. The summed E-state index contributed by atoms with van der Waals surface area (Å²) in [5, 5.41) is 12.1. The topological polar surface area (TPSA) is 101 Å². The Hall–Kier alpha value is -1.41. The quantitative estimate of drug-likeness (QED) is 0.787. The van der Waals surface area contributed by atoms with Gasteiger partial charge in [-0.1, -0.05) is 5.16 Å². The van der Waals surface area contributed by atoms with Gasteiger partial charge < -0.3 is 9.63 Å². The van der Waals surface area contributed by atoms with E-state index in [1.54, 1.807) is 13.0 Å². The molecule has 0 bridgehead atoms. The van der Waals surface area contributed by atoms with Crippen LogP contribution in [0.25, 0.3) is 0 Å². The molecule has 96 valence electrons. The zero-order chi connectivity index (χ0) is 13.1. The van der Waals surface area contributed by atoms with Gasteiger partial charge in [-0.05, 0) is 6.92 Å². The number of hydrogen-bond acceptors (Lipinski definition) is 5. The largest absolute Gasteiger partial charge is 0.481 e. The average Bonchev–Trinajstić information content (AvgIpc) is 2.61. The third-order valence-corrected chi connectivity index (χ3v) is 3.91. The van der Waals surface area contributed by atoms with E-state index in [1.807, 2.05) is 0 Å². The second-order valence-corrected chi connectivity index (χ2v) is 5.84. The van der Waals surface area contributed by atoms with E-state index < -0.39 is 28.2 Å². The Kier molecular flexibility index (Phi) is 4.24. The summed E-state index contributed by atoms with van der Waals surface area (Å²) in [6, 6.07) is 1.63. The summed E-state index contributed by atoms with van der Waals surface area (Å²) in [7, 11) is -2.20. The number of rotatable bonds is 6. The van der Waals surface area contributed by atoms with Crippen molar-refractivity contribution in [1.29, 1.82) is 0 Å². The number of nitrogens with zero attached hydrogens (tertiary/aromatic N) is 2. The highest BCUT2D eigenvalue weighted by atomic mass is 32.2. The van der Waals surface area contributed by atoms with Gasteiger partial charge in [-0.2, -0.15) is 4.31 Å². The highest BCUT2D eigenvalue weighted by Crippen LogP contribution is 2.08. The molecule has 0 aromatic carbocycles. The Labute approximate surface area is 99.1 Å². The first kappa shape index (κ1) is 13.7. The van der Waals surface area contributed by atoms with Gasteiger partial charge in [0.2, 0.25) is 10.0 Å². The zero-order valence-electron chi connectivity index (χ0n) is 9.58. The van der Waals surface area contributed by atoms with Crippen LogP contribution in [0, 0.1) is 6.92 Å². The van der Waals surface area contributed by atoms with E-state index in [4.69, 9.17) is 9.63 Å². The number of hydrogen-bond donors (Lipinski definition) is 1. The molecule has 1 N–H and O–H groups in total. The molecule has 17 heavy (non-hydrogen) atoms. The van der Waals surface area contributed by atoms with Crippen molar-refractivity contribution in [3.8, 4) is 0 Å². The van der Waals surface area contributed by atoms with Gasteiger partial charge in [0.1, 0.15) is 5.76 Å². The number of carboxylic acids is 1. The summed E-state index contributed by atoms with van der Waals surface area (Å²) in [4.78, 5) is 10.3. The van der Waals surface area contributed by atoms with Crippen molar-refractivity contribution >= 4 is 16.0 Å². The predicted molar refractivity (Wildman–Crippen MR) is 58.7 cm³/mol. The standard InChI is InChI=1S/C9H14N2O5S/c1-7-5-8(10-16-7)6-11(2)17(14,15)4-3-9(12)13/h5H,3-4,6H2,1-2H3,(H,12,13). The molecular formula is C9H14N2O5S. The Morgan fingerprint density at radius 3 is 2.71 bits per heavy atom. The fourth-order valence-corrected chi connectivity index (χ4v) is 2.26. The van der Waals surface area contributed by atoms with E-state index in [-0.39, 0.29) is 6.54 Å². The molecule has 0 saturated carbocycles. The lowest BCUT2D eigenvalue weighted by Gasteiger charge is -2.14. The van der Waals surface area contributed by atoms with Crippen LogP contribution in [0.5, 0.6) is 0 Å². The third-order valence-electron chi connectivity index (χ3n) is 2.11. The van der Waals surface area contributed by atoms with Gasteiger partial charge in [0.25, 0.3) is 0 Å². The molecule has 0 amide bonds. The lowest BCUT2D eigenvalue weighted by atomic mass is 10.4. The smallest absolute Gasteiger partial charge is 0.304 e. The molecule has 0 unspecified atom stereocenters. The van der Waals surface area contributed by atoms with E-state index in [1.165, 1.54) is 7.05 Å². The van der Waals surface area contributed by atoms with Crippen molar-refractivity contribution in [1.82, 2.24) is 9.46 Å². The first-order chi connectivity index (χ1) is 7.81. The molecule has 1 aromatic heterocycles. The zero-order valence-corrected chi connectivity index (χ0v) is 10.4. The van der Waals surface area contributed by atoms with E-state index in [9.17, 15) is 13.2 Å². The summed E-state index contributed by atoms with van der Waals surface area (Å²) in [6.45, 7) is 1.77. The molecule has 8 heteroatoms. The van der Waals surface area contributed by atoms with Crippen LogP contribution < -0.4 is 0 Å². The number of aromatic nitrogens is 1. The predicted octanol–water partition coefficient (Wildman–Crippen LogP) is 0.219. The van der Waals surface area contributed by atoms with E-state index in [0.29, 0.717) is 11.5 Å². The molecular weight excluding hydrogens is 248 g/mol. The number of aryl methyl sites for hydroxylation is 1. The van der Waals surface area contributed by atoms with Gasteiger partial charge in [-0.15, -0.1) is 0 Å². The Morgan fingerprint density at radius 2 is 2.24 bits per heavy atom. The molecule has 0 radical (unpaired) electrons. The van der Waals surface area contributed by atoms with Crippen molar-refractivity contribution in [2.45, 2.75) is 19.9 Å². The van der Waals surface area contributed by atoms with Gasteiger partial charge in [-0.3, -0.25) is 4.79 Å². The highest BCUT2D eigenvalue weighted by molar-refractivity contribution is 7.89. The van der Waals surface area contributed by atoms with Crippen LogP contribution in [0.2, 0.25) is 0 Å². The number of sulfonamides is 1. The minimum absolute atomic E-state index is 0.0687. The molecule has 0 aliphatic heterocycles. The molecule has 1 aromatic rings. The average molecular weight is 262 g/mol. The molecule has 1 heterocycles. The maximum Gasteiger partial charge on any atom is 0.304 e. The number of carboxylic acid groups (broad SMARTS) is 1. The molecule has 0 aliphatic rings. The normalized spacial score (nSPS) is 11.9. The van der Waals surface area contributed by atoms with E-state index in [2.05, 4.69) is 5.16 Å². The van der Waals surface area contributed by atoms with Crippen LogP contribution in [0.1, 0.15) is 17.9 Å². The van der Waals surface area contributed by atoms with Crippen molar-refractivity contribution < 1.29 is 22.8 Å². The van der Waals surface area contributed by atoms with Crippen LogP contribution in [-0.4, -0.2) is 41.8 Å². The number of carbonyl (C=O) groups is 1. The van der Waals surface area contributed by atoms with Gasteiger partial charge in [-0.25, -0.2) is 8.42 Å². The first-order valence-corrected chi connectivity index (χ1v) is 6.50. The Bertz CT molecular complexity index is 493. The lowest BCUT2D eigenvalue weighted by molar-refractivity contribution is -0.136. The van der Waals surface area contributed by atoms with E-state index >= 15 is 0 Å². The number of aliphatic carboxylic acids is 1. The first-order valence-electron chi connectivity index (χ1n) is 4.89. The van der Waals surface area contributed by atoms with E-state index in [0.717, 1.165) is 4.31 Å². The highest BCUT2D eigenvalue weighted by Gasteiger charge is 2.20. The summed E-state index contributed by atoms with van der Waals surface area (Å²) in [5.41, 5.74) is 0.490. The summed E-state index contributed by atoms with van der Waals surface area (Å²) >= 11 is 0. The van der Waals surface area contributed by atoms with Crippen molar-refractivity contribution in [2.75, 3.05) is 12.8 Å². The van der Waals surface area contributed by atoms with Gasteiger partial charge in [0, 0.05) is 13.1 Å². The molecule has 0 spiro atoms. The van der Waals surface area contributed by atoms with Crippen molar-refractivity contribution in [2.24, 2.45) is 0 Å². The third kappa shape index (κ3) is 4.16. The second-order valence-electron chi connectivity index (χ2n) is 3.64. The summed E-state index contributed by atoms with van der Waals surface area (Å²) < 4.78 is 29.2. The van der Waals surface area contributed by atoms with Gasteiger partial charge >= 0.3 is 5.97 Å². The van der Waals surface area contributed by atoms with Crippen LogP contribution in [0.4, 0.5) is 0 Å². The molecule has 0 fully saturated rings. The van der Waals surface area contributed by atoms with Gasteiger partial charge in [0.15, 0.2) is 0 Å². The molecule has 1 rings (SSSR count). The Morgan fingerprint density at radius 1 is 1.59 bits per heavy atom. The SMILES string of the molecule is Cc1cc(CN(C)S(=O)(=O)CCC(=O)O)no1. The van der Waals surface area contributed by atoms with Crippen molar-refractivity contribution in [3.05, 3.63) is 17.5 Å². The van der Waals surface area contributed by atoms with Crippen molar-refractivity contribution in [3.63, 3.8) is 0 Å². The van der Waals surface area contributed by atoms with Crippen LogP contribution in [0.3, 0.4) is 0 Å². The summed E-state index contributed by atoms with van der Waals surface area (Å²) in [5.74, 6) is -0.967. The van der Waals surface area contributed by atoms with Gasteiger partial charge in [0.05, 0.1) is 24.4 Å². The fourth-order valence-electron chi connectivity index (χ4n) is 1.19. The minimum atomic E-state index is -3.57. The minimum Gasteiger partial charge on any atom is -0.481 e. The maximum atomic E-state index is 11.7. The monoisotopic (exact) mass is 262 g/mol. The molecule has 0 aliphatic carbocycles. The molecule has 0 atom stereocenters. The van der Waals surface area contributed by atoms with Crippen LogP contribution >= 0.6 is 0 Å². The second kappa shape index (κ2) is 5.28. The molecule has 0 saturated heterocycles. The maximum absolute atomic E-state index is 11.7. The Balaban J connectivity index is 2.62. The van der Waals surface area contributed by atoms with Crippen LogP contribution in [0.15, 0.2) is 10.6 Å².